The van der Waals surface area contributed by atoms with Gasteiger partial charge in [-0.05, 0) is 74.7 Å². The summed E-state index contributed by atoms with van der Waals surface area (Å²) in [6, 6.07) is 9.95. The third-order valence-corrected chi connectivity index (χ3v) is 6.66. The molecule has 1 unspecified atom stereocenters. The van der Waals surface area contributed by atoms with Crippen LogP contribution in [-0.4, -0.2) is 53.8 Å². The van der Waals surface area contributed by atoms with Crippen LogP contribution >= 0.6 is 0 Å². The van der Waals surface area contributed by atoms with Gasteiger partial charge < -0.3 is 9.80 Å². The maximum atomic E-state index is 13.5. The number of nitrogens with zero attached hydrogens (tertiary/aromatic N) is 3. The van der Waals surface area contributed by atoms with Crippen molar-refractivity contribution < 1.29 is 14.0 Å². The lowest BCUT2D eigenvalue weighted by atomic mass is 9.96. The van der Waals surface area contributed by atoms with E-state index in [0.29, 0.717) is 30.4 Å². The molecule has 2 aromatic rings. The van der Waals surface area contributed by atoms with E-state index >= 15 is 0 Å². The number of benzene rings is 2. The van der Waals surface area contributed by atoms with Crippen molar-refractivity contribution in [1.82, 2.24) is 9.80 Å². The Hall–Kier alpha value is -2.73. The Morgan fingerprint density at radius 2 is 1.65 bits per heavy atom. The van der Waals surface area contributed by atoms with Gasteiger partial charge in [-0.2, -0.15) is 0 Å². The lowest BCUT2D eigenvalue weighted by molar-refractivity contribution is -0.133. The van der Waals surface area contributed by atoms with E-state index in [1.165, 1.54) is 12.1 Å². The van der Waals surface area contributed by atoms with E-state index in [-0.39, 0.29) is 30.1 Å². The Kier molecular flexibility index (Phi) is 5.84. The summed E-state index contributed by atoms with van der Waals surface area (Å²) in [5, 5.41) is 0. The van der Waals surface area contributed by atoms with Crippen LogP contribution in [0.3, 0.4) is 0 Å². The minimum absolute atomic E-state index is 0.0550. The minimum atomic E-state index is -0.386. The molecule has 31 heavy (non-hydrogen) atoms. The average Bonchev–Trinajstić information content (AvgIpc) is 3.00. The van der Waals surface area contributed by atoms with Gasteiger partial charge in [0.25, 0.3) is 5.91 Å². The van der Waals surface area contributed by atoms with Crippen LogP contribution in [0, 0.1) is 19.7 Å². The quantitative estimate of drug-likeness (QED) is 0.744. The van der Waals surface area contributed by atoms with Crippen LogP contribution < -0.4 is 4.90 Å². The second-order valence-electron chi connectivity index (χ2n) is 8.91. The SMILES string of the molecule is Cc1cc2c(cc1C)C(CC(=O)N1CCN(C(C)C)CC1)N(c1ccc(F)cc1)C2=O. The number of hydrogen-bond acceptors (Lipinski definition) is 3. The molecule has 1 fully saturated rings. The molecule has 2 heterocycles. The van der Waals surface area contributed by atoms with Gasteiger partial charge in [-0.1, -0.05) is 6.07 Å². The normalized spacial score (nSPS) is 19.3. The number of hydrogen-bond donors (Lipinski definition) is 0. The lowest BCUT2D eigenvalue weighted by Gasteiger charge is -2.37. The van der Waals surface area contributed by atoms with Crippen LogP contribution in [-0.2, 0) is 4.79 Å². The molecule has 1 saturated heterocycles. The third-order valence-electron chi connectivity index (χ3n) is 6.66. The first-order valence-electron chi connectivity index (χ1n) is 11.0. The van der Waals surface area contributed by atoms with Crippen molar-refractivity contribution >= 4 is 17.5 Å². The van der Waals surface area contributed by atoms with Gasteiger partial charge in [0.1, 0.15) is 5.82 Å². The van der Waals surface area contributed by atoms with Gasteiger partial charge in [0.15, 0.2) is 0 Å². The predicted molar refractivity (Wildman–Crippen MR) is 120 cm³/mol. The topological polar surface area (TPSA) is 43.9 Å². The summed E-state index contributed by atoms with van der Waals surface area (Å²) < 4.78 is 13.5. The van der Waals surface area contributed by atoms with E-state index in [1.807, 2.05) is 30.9 Å². The van der Waals surface area contributed by atoms with Crippen molar-refractivity contribution in [3.05, 3.63) is 64.5 Å². The number of amides is 2. The molecular formula is C25H30FN3O2. The number of rotatable bonds is 4. The number of halogens is 1. The largest absolute Gasteiger partial charge is 0.340 e. The molecule has 0 bridgehead atoms. The zero-order valence-electron chi connectivity index (χ0n) is 18.7. The summed E-state index contributed by atoms with van der Waals surface area (Å²) in [5.74, 6) is -0.429. The predicted octanol–water partition coefficient (Wildman–Crippen LogP) is 4.09. The Labute approximate surface area is 183 Å². The average molecular weight is 424 g/mol. The Bertz CT molecular complexity index is 995. The molecule has 4 rings (SSSR count). The van der Waals surface area contributed by atoms with E-state index in [9.17, 15) is 14.0 Å². The van der Waals surface area contributed by atoms with Crippen LogP contribution in [0.5, 0.6) is 0 Å². The van der Waals surface area contributed by atoms with Crippen LogP contribution in [0.1, 0.15) is 53.4 Å². The molecule has 1 atom stereocenters. The molecule has 164 valence electrons. The third kappa shape index (κ3) is 4.09. The fourth-order valence-corrected chi connectivity index (χ4v) is 4.59. The van der Waals surface area contributed by atoms with Crippen LogP contribution in [0.2, 0.25) is 0 Å². The number of anilines is 1. The van der Waals surface area contributed by atoms with Gasteiger partial charge in [-0.25, -0.2) is 4.39 Å². The molecule has 5 nitrogen and oxygen atoms in total. The fraction of sp³-hybridized carbons (Fsp3) is 0.440. The fourth-order valence-electron chi connectivity index (χ4n) is 4.59. The van der Waals surface area contributed by atoms with Crippen molar-refractivity contribution in [3.8, 4) is 0 Å². The van der Waals surface area contributed by atoms with Crippen molar-refractivity contribution in [2.75, 3.05) is 31.1 Å². The summed E-state index contributed by atoms with van der Waals surface area (Å²) >= 11 is 0. The summed E-state index contributed by atoms with van der Waals surface area (Å²) in [4.78, 5) is 32.5. The van der Waals surface area contributed by atoms with Gasteiger partial charge in [0.05, 0.1) is 12.5 Å². The first kappa shape index (κ1) is 21.5. The van der Waals surface area contributed by atoms with Gasteiger partial charge in [-0.3, -0.25) is 14.5 Å². The maximum absolute atomic E-state index is 13.5. The van der Waals surface area contributed by atoms with Gasteiger partial charge in [0.2, 0.25) is 5.91 Å². The highest BCUT2D eigenvalue weighted by Gasteiger charge is 2.40. The highest BCUT2D eigenvalue weighted by atomic mass is 19.1. The first-order valence-corrected chi connectivity index (χ1v) is 11.0. The molecule has 0 radical (unpaired) electrons. The highest BCUT2D eigenvalue weighted by Crippen LogP contribution is 2.41. The Morgan fingerprint density at radius 3 is 2.26 bits per heavy atom. The van der Waals surface area contributed by atoms with E-state index in [0.717, 1.165) is 29.8 Å². The number of carbonyl (C=O) groups excluding carboxylic acids is 2. The first-order chi connectivity index (χ1) is 14.8. The standard InChI is InChI=1S/C25H30FN3O2/c1-16(2)27-9-11-28(12-10-27)24(30)15-23-21-13-17(3)18(4)14-22(21)25(31)29(23)20-7-5-19(26)6-8-20/h5-8,13-14,16,23H,9-12,15H2,1-4H3. The van der Waals surface area contributed by atoms with Gasteiger partial charge in [-0.15, -0.1) is 0 Å². The maximum Gasteiger partial charge on any atom is 0.259 e. The lowest BCUT2D eigenvalue weighted by Crippen LogP contribution is -2.51. The zero-order valence-corrected chi connectivity index (χ0v) is 18.7. The van der Waals surface area contributed by atoms with Crippen molar-refractivity contribution in [1.29, 1.82) is 0 Å². The molecule has 0 N–H and O–H groups in total. The highest BCUT2D eigenvalue weighted by molar-refractivity contribution is 6.11. The number of aryl methyl sites for hydroxylation is 2. The van der Waals surface area contributed by atoms with Crippen molar-refractivity contribution in [3.63, 3.8) is 0 Å². The molecule has 2 aliphatic rings. The second-order valence-corrected chi connectivity index (χ2v) is 8.91. The molecule has 2 aliphatic heterocycles. The van der Waals surface area contributed by atoms with Crippen molar-refractivity contribution in [2.24, 2.45) is 0 Å². The molecule has 2 amide bonds. The number of piperazine rings is 1. The summed E-state index contributed by atoms with van der Waals surface area (Å²) in [6.45, 7) is 11.5. The smallest absolute Gasteiger partial charge is 0.259 e. The monoisotopic (exact) mass is 423 g/mol. The molecule has 0 aromatic heterocycles. The molecular weight excluding hydrogens is 393 g/mol. The van der Waals surface area contributed by atoms with Gasteiger partial charge >= 0.3 is 0 Å². The summed E-state index contributed by atoms with van der Waals surface area (Å²) in [5.41, 5.74) is 4.26. The zero-order chi connectivity index (χ0) is 22.3. The molecule has 6 heteroatoms. The van der Waals surface area contributed by atoms with E-state index < -0.39 is 0 Å². The van der Waals surface area contributed by atoms with E-state index in [4.69, 9.17) is 0 Å². The van der Waals surface area contributed by atoms with Crippen molar-refractivity contribution in [2.45, 2.75) is 46.2 Å². The molecule has 0 saturated carbocycles. The Morgan fingerprint density at radius 1 is 1.03 bits per heavy atom. The molecule has 0 spiro atoms. The van der Waals surface area contributed by atoms with Crippen LogP contribution in [0.4, 0.5) is 10.1 Å². The molecule has 0 aliphatic carbocycles. The number of fused-ring (bicyclic) bond motifs is 1. The minimum Gasteiger partial charge on any atom is -0.340 e. The number of carbonyl (C=O) groups is 2. The van der Waals surface area contributed by atoms with E-state index in [2.05, 4.69) is 18.7 Å². The Balaban J connectivity index is 1.63. The summed E-state index contributed by atoms with van der Waals surface area (Å²) in [7, 11) is 0. The molecule has 2 aromatic carbocycles. The summed E-state index contributed by atoms with van der Waals surface area (Å²) in [6.07, 6.45) is 0.223. The van der Waals surface area contributed by atoms with Gasteiger partial charge in [0, 0.05) is 43.5 Å². The van der Waals surface area contributed by atoms with Crippen LogP contribution in [0.25, 0.3) is 0 Å². The second kappa shape index (κ2) is 8.42. The van der Waals surface area contributed by atoms with E-state index in [1.54, 1.807) is 17.0 Å². The van der Waals surface area contributed by atoms with Crippen LogP contribution in [0.15, 0.2) is 36.4 Å².